The molecule has 0 radical (unpaired) electrons. The molecule has 0 heterocycles. The zero-order valence-electron chi connectivity index (χ0n) is 15.4. The number of nitrogens with one attached hydrogen (secondary N) is 2. The molecule has 3 aromatic carbocycles. The minimum absolute atomic E-state index is 0.159. The number of rotatable bonds is 7. The summed E-state index contributed by atoms with van der Waals surface area (Å²) < 4.78 is 5.10. The van der Waals surface area contributed by atoms with Crippen molar-refractivity contribution in [1.29, 1.82) is 0 Å². The van der Waals surface area contributed by atoms with Crippen LogP contribution < -0.4 is 10.6 Å². The molecule has 0 bridgehead atoms. The van der Waals surface area contributed by atoms with E-state index in [4.69, 9.17) is 4.74 Å². The van der Waals surface area contributed by atoms with Gasteiger partial charge in [-0.15, -0.1) is 0 Å². The van der Waals surface area contributed by atoms with E-state index in [0.717, 1.165) is 22.4 Å². The Kier molecular flexibility index (Phi) is 6.79. The number of anilines is 1. The van der Waals surface area contributed by atoms with Crippen molar-refractivity contribution < 1.29 is 14.3 Å². The van der Waals surface area contributed by atoms with Gasteiger partial charge in [-0.05, 0) is 29.2 Å². The molecule has 5 heteroatoms. The van der Waals surface area contributed by atoms with Crippen molar-refractivity contribution >= 4 is 17.7 Å². The van der Waals surface area contributed by atoms with Crippen LogP contribution in [0.4, 0.5) is 10.5 Å². The van der Waals surface area contributed by atoms with Gasteiger partial charge in [-0.1, -0.05) is 78.9 Å². The molecule has 2 N–H and O–H groups in total. The van der Waals surface area contributed by atoms with E-state index < -0.39 is 6.09 Å². The zero-order chi connectivity index (χ0) is 19.6. The highest BCUT2D eigenvalue weighted by atomic mass is 16.5. The number of benzene rings is 3. The fourth-order valence-electron chi connectivity index (χ4n) is 2.73. The van der Waals surface area contributed by atoms with Crippen LogP contribution in [-0.4, -0.2) is 18.5 Å². The van der Waals surface area contributed by atoms with Crippen LogP contribution in [0.25, 0.3) is 0 Å². The lowest BCUT2D eigenvalue weighted by Gasteiger charge is -2.12. The summed E-state index contributed by atoms with van der Waals surface area (Å²) in [5.41, 5.74) is 3.79. The smallest absolute Gasteiger partial charge is 0.407 e. The van der Waals surface area contributed by atoms with Crippen LogP contribution in [0.2, 0.25) is 0 Å². The van der Waals surface area contributed by atoms with Crippen molar-refractivity contribution in [2.24, 2.45) is 0 Å². The second-order valence-corrected chi connectivity index (χ2v) is 6.28. The van der Waals surface area contributed by atoms with Crippen LogP contribution in [-0.2, 0) is 22.6 Å². The number of alkyl carbamates (subject to hydrolysis) is 1. The molecule has 0 atom stereocenters. The van der Waals surface area contributed by atoms with Crippen molar-refractivity contribution in [1.82, 2.24) is 5.32 Å². The standard InChI is InChI=1S/C23H22N2O3/c26-22(16-24-23(27)28-17-19-11-5-2-6-12-19)25-21-14-8-7-13-20(21)15-18-9-3-1-4-10-18/h1-14H,15-17H2,(H,24,27)(H,25,26). The van der Waals surface area contributed by atoms with Crippen LogP contribution in [0.5, 0.6) is 0 Å². The number of amides is 2. The molecular formula is C23H22N2O3. The molecule has 0 fully saturated rings. The fourth-order valence-corrected chi connectivity index (χ4v) is 2.73. The van der Waals surface area contributed by atoms with Gasteiger partial charge < -0.3 is 15.4 Å². The lowest BCUT2D eigenvalue weighted by Crippen LogP contribution is -2.33. The van der Waals surface area contributed by atoms with Crippen molar-refractivity contribution in [3.05, 3.63) is 102 Å². The minimum atomic E-state index is -0.628. The summed E-state index contributed by atoms with van der Waals surface area (Å²) in [5, 5.41) is 5.32. The third-order valence-electron chi connectivity index (χ3n) is 4.13. The first-order chi connectivity index (χ1) is 13.7. The molecule has 0 saturated carbocycles. The third-order valence-corrected chi connectivity index (χ3v) is 4.13. The van der Waals surface area contributed by atoms with E-state index in [9.17, 15) is 9.59 Å². The van der Waals surface area contributed by atoms with E-state index in [1.54, 1.807) is 0 Å². The van der Waals surface area contributed by atoms with E-state index in [0.29, 0.717) is 6.42 Å². The summed E-state index contributed by atoms with van der Waals surface area (Å²) in [7, 11) is 0. The van der Waals surface area contributed by atoms with Gasteiger partial charge in [-0.2, -0.15) is 0 Å². The van der Waals surface area contributed by atoms with Crippen molar-refractivity contribution in [2.45, 2.75) is 13.0 Å². The summed E-state index contributed by atoms with van der Waals surface area (Å²) in [6.45, 7) is 0.00148. The van der Waals surface area contributed by atoms with Crippen molar-refractivity contribution in [3.8, 4) is 0 Å². The summed E-state index contributed by atoms with van der Waals surface area (Å²) in [6.07, 6.45) is 0.0840. The van der Waals surface area contributed by atoms with Crippen LogP contribution in [0.15, 0.2) is 84.9 Å². The van der Waals surface area contributed by atoms with Crippen LogP contribution in [0.3, 0.4) is 0 Å². The molecule has 0 saturated heterocycles. The maximum atomic E-state index is 12.2. The van der Waals surface area contributed by atoms with Crippen LogP contribution >= 0.6 is 0 Å². The summed E-state index contributed by atoms with van der Waals surface area (Å²) in [4.78, 5) is 24.0. The number of carbonyl (C=O) groups excluding carboxylic acids is 2. The lowest BCUT2D eigenvalue weighted by atomic mass is 10.0. The zero-order valence-corrected chi connectivity index (χ0v) is 15.4. The van der Waals surface area contributed by atoms with Crippen molar-refractivity contribution in [2.75, 3.05) is 11.9 Å². The highest BCUT2D eigenvalue weighted by Gasteiger charge is 2.09. The van der Waals surface area contributed by atoms with Gasteiger partial charge in [0, 0.05) is 5.69 Å². The summed E-state index contributed by atoms with van der Waals surface area (Å²) >= 11 is 0. The molecule has 3 aromatic rings. The lowest BCUT2D eigenvalue weighted by molar-refractivity contribution is -0.115. The molecule has 2 amide bonds. The Hall–Kier alpha value is -3.60. The van der Waals surface area contributed by atoms with E-state index in [2.05, 4.69) is 10.6 Å². The quantitative estimate of drug-likeness (QED) is 0.653. The Morgan fingerprint density at radius 2 is 1.36 bits per heavy atom. The van der Waals surface area contributed by atoms with Crippen LogP contribution in [0.1, 0.15) is 16.7 Å². The Morgan fingerprint density at radius 3 is 2.07 bits per heavy atom. The largest absolute Gasteiger partial charge is 0.445 e. The minimum Gasteiger partial charge on any atom is -0.445 e. The summed E-state index contributed by atoms with van der Waals surface area (Å²) in [5.74, 6) is -0.308. The average molecular weight is 374 g/mol. The number of ether oxygens (including phenoxy) is 1. The van der Waals surface area contributed by atoms with E-state index in [-0.39, 0.29) is 19.1 Å². The average Bonchev–Trinajstić information content (AvgIpc) is 2.74. The SMILES string of the molecule is O=C(CNC(=O)OCc1ccccc1)Nc1ccccc1Cc1ccccc1. The van der Waals surface area contributed by atoms with Gasteiger partial charge in [0.2, 0.25) is 5.91 Å². The third kappa shape index (κ3) is 5.99. The van der Waals surface area contributed by atoms with E-state index >= 15 is 0 Å². The number of carbonyl (C=O) groups is 2. The van der Waals surface area contributed by atoms with Gasteiger partial charge in [0.25, 0.3) is 0 Å². The molecule has 0 aliphatic carbocycles. The van der Waals surface area contributed by atoms with E-state index in [1.165, 1.54) is 0 Å². The van der Waals surface area contributed by atoms with Gasteiger partial charge >= 0.3 is 6.09 Å². The van der Waals surface area contributed by atoms with Gasteiger partial charge in [0.05, 0.1) is 0 Å². The number of hydrogen-bond donors (Lipinski definition) is 2. The molecule has 28 heavy (non-hydrogen) atoms. The molecule has 142 valence electrons. The predicted octanol–water partition coefficient (Wildman–Crippen LogP) is 4.14. The molecule has 0 aliphatic heterocycles. The molecular weight excluding hydrogens is 352 g/mol. The predicted molar refractivity (Wildman–Crippen MR) is 109 cm³/mol. The van der Waals surface area contributed by atoms with Gasteiger partial charge in [-0.3, -0.25) is 4.79 Å². The normalized spacial score (nSPS) is 10.1. The maximum Gasteiger partial charge on any atom is 0.407 e. The molecule has 0 aromatic heterocycles. The second kappa shape index (κ2) is 9.92. The Bertz CT molecular complexity index is 911. The van der Waals surface area contributed by atoms with Crippen molar-refractivity contribution in [3.63, 3.8) is 0 Å². The molecule has 0 unspecified atom stereocenters. The fraction of sp³-hybridized carbons (Fsp3) is 0.130. The number of para-hydroxylation sites is 1. The molecule has 3 rings (SSSR count). The first-order valence-electron chi connectivity index (χ1n) is 9.07. The molecule has 0 aliphatic rings. The monoisotopic (exact) mass is 374 g/mol. The van der Waals surface area contributed by atoms with Gasteiger partial charge in [0.15, 0.2) is 0 Å². The molecule has 0 spiro atoms. The highest BCUT2D eigenvalue weighted by molar-refractivity contribution is 5.94. The highest BCUT2D eigenvalue weighted by Crippen LogP contribution is 2.19. The first-order valence-corrected chi connectivity index (χ1v) is 9.07. The number of hydrogen-bond acceptors (Lipinski definition) is 3. The Labute approximate surface area is 164 Å². The summed E-state index contributed by atoms with van der Waals surface area (Å²) in [6, 6.07) is 27.0. The maximum absolute atomic E-state index is 12.2. The second-order valence-electron chi connectivity index (χ2n) is 6.28. The van der Waals surface area contributed by atoms with E-state index in [1.807, 2.05) is 84.9 Å². The van der Waals surface area contributed by atoms with Gasteiger partial charge in [-0.25, -0.2) is 4.79 Å². The Morgan fingerprint density at radius 1 is 0.750 bits per heavy atom. The van der Waals surface area contributed by atoms with Gasteiger partial charge in [0.1, 0.15) is 13.2 Å². The first kappa shape index (κ1) is 19.2. The topological polar surface area (TPSA) is 67.4 Å². The van der Waals surface area contributed by atoms with Crippen LogP contribution in [0, 0.1) is 0 Å². The molecule has 5 nitrogen and oxygen atoms in total. The Balaban J connectivity index is 1.49.